The van der Waals surface area contributed by atoms with Crippen LogP contribution in [0.15, 0.2) is 121 Å². The van der Waals surface area contributed by atoms with Crippen molar-refractivity contribution >= 4 is 102 Å². The summed E-state index contributed by atoms with van der Waals surface area (Å²) in [6.07, 6.45) is 0.676. The molecule has 8 amide bonds. The molecule has 1 aliphatic heterocycles. The topological polar surface area (TPSA) is 355 Å². The van der Waals surface area contributed by atoms with E-state index in [0.29, 0.717) is 40.1 Å². The summed E-state index contributed by atoms with van der Waals surface area (Å²) in [5, 5.41) is 43.5. The monoisotopic (exact) mass is 1210 g/mol. The number of aliphatic hydroxyl groups excluding tert-OH is 1. The second-order valence-corrected chi connectivity index (χ2v) is 23.9. The Morgan fingerprint density at radius 1 is 0.690 bits per heavy atom. The van der Waals surface area contributed by atoms with Crippen LogP contribution in [0.4, 0.5) is 0 Å². The molecule has 5 aromatic carbocycles. The van der Waals surface area contributed by atoms with Gasteiger partial charge in [-0.2, -0.15) is 0 Å². The summed E-state index contributed by atoms with van der Waals surface area (Å²) in [6, 6.07) is 22.4. The SMILES string of the molecule is C[C@@H](O)[C@@H]1NC(=O)[C@H](CCCCN)NC(=O)[C@@H](Cc2c[nH]c3ccccc23)NC(=O)[C@H](Cc2ccc(O)cc2)NC(=O)[C@H](NC(=O)[C@@H](N)Cc2ccc(Cl)cc2)CCSSCC[C@@H](C(=O)N[C@@H](Cc2ccc3ccccc3c2)C(N)=O)NC1=O. The fraction of sp³-hybridized carbons (Fsp3) is 0.367. The summed E-state index contributed by atoms with van der Waals surface area (Å²) in [5.41, 5.74) is 21.4. The number of H-pyrrole nitrogens is 1. The van der Waals surface area contributed by atoms with E-state index in [1.54, 1.807) is 42.6 Å². The van der Waals surface area contributed by atoms with Crippen LogP contribution >= 0.6 is 33.2 Å². The van der Waals surface area contributed by atoms with E-state index in [9.17, 15) is 48.6 Å². The molecule has 7 rings (SSSR count). The molecular formula is C60H72ClN11O10S2. The Kier molecular flexibility index (Phi) is 23.8. The Hall–Kier alpha value is -7.67. The Labute approximate surface area is 499 Å². The number of carbonyl (C=O) groups is 8. The summed E-state index contributed by atoms with van der Waals surface area (Å²) >= 11 is 6.10. The van der Waals surface area contributed by atoms with E-state index in [1.807, 2.05) is 66.7 Å². The quantitative estimate of drug-likeness (QED) is 0.0435. The van der Waals surface area contributed by atoms with Crippen LogP contribution in [0.25, 0.3) is 21.7 Å². The predicted molar refractivity (Wildman–Crippen MR) is 326 cm³/mol. The molecule has 0 bridgehead atoms. The molecule has 0 saturated carbocycles. The molecule has 2 heterocycles. The maximum Gasteiger partial charge on any atom is 0.245 e. The van der Waals surface area contributed by atoms with Crippen molar-refractivity contribution in [3.05, 3.63) is 149 Å². The molecule has 446 valence electrons. The number of rotatable bonds is 18. The highest BCUT2D eigenvalue weighted by Gasteiger charge is 2.36. The smallest absolute Gasteiger partial charge is 0.245 e. The van der Waals surface area contributed by atoms with Crippen molar-refractivity contribution in [3.63, 3.8) is 0 Å². The van der Waals surface area contributed by atoms with Crippen LogP contribution in [-0.2, 0) is 64.0 Å². The van der Waals surface area contributed by atoms with Crippen LogP contribution in [0.5, 0.6) is 5.75 Å². The Morgan fingerprint density at radius 3 is 2.01 bits per heavy atom. The molecule has 9 atom stereocenters. The number of primary amides is 1. The van der Waals surface area contributed by atoms with Crippen LogP contribution < -0.4 is 54.4 Å². The van der Waals surface area contributed by atoms with Crippen molar-refractivity contribution in [1.29, 1.82) is 0 Å². The molecule has 16 N–H and O–H groups in total. The molecule has 84 heavy (non-hydrogen) atoms. The highest BCUT2D eigenvalue weighted by atomic mass is 35.5. The predicted octanol–water partition coefficient (Wildman–Crippen LogP) is 2.84. The third-order valence-electron chi connectivity index (χ3n) is 14.3. The maximum atomic E-state index is 14.9. The number of unbranched alkanes of at least 4 members (excludes halogenated alkanes) is 1. The summed E-state index contributed by atoms with van der Waals surface area (Å²) in [4.78, 5) is 118. The zero-order valence-electron chi connectivity index (χ0n) is 46.3. The van der Waals surface area contributed by atoms with E-state index in [1.165, 1.54) is 40.6 Å². The van der Waals surface area contributed by atoms with Gasteiger partial charge in [0.1, 0.15) is 48.0 Å². The van der Waals surface area contributed by atoms with E-state index in [2.05, 4.69) is 42.2 Å². The Bertz CT molecular complexity index is 3260. The summed E-state index contributed by atoms with van der Waals surface area (Å²) in [7, 11) is 2.55. The lowest BCUT2D eigenvalue weighted by atomic mass is 10.0. The van der Waals surface area contributed by atoms with Crippen LogP contribution in [0, 0.1) is 0 Å². The number of nitrogens with two attached hydrogens (primary N) is 3. The summed E-state index contributed by atoms with van der Waals surface area (Å²) in [6.45, 7) is 1.52. The van der Waals surface area contributed by atoms with Gasteiger partial charge in [-0.3, -0.25) is 38.4 Å². The molecular weight excluding hydrogens is 1130 g/mol. The van der Waals surface area contributed by atoms with Crippen LogP contribution in [0.3, 0.4) is 0 Å². The molecule has 0 spiro atoms. The number of halogens is 1. The average molecular weight is 1210 g/mol. The maximum absolute atomic E-state index is 14.9. The highest BCUT2D eigenvalue weighted by molar-refractivity contribution is 8.76. The number of fused-ring (bicyclic) bond motifs is 2. The van der Waals surface area contributed by atoms with Gasteiger partial charge in [-0.25, -0.2) is 0 Å². The zero-order chi connectivity index (χ0) is 60.3. The minimum Gasteiger partial charge on any atom is -0.508 e. The third-order valence-corrected chi connectivity index (χ3v) is 17.1. The van der Waals surface area contributed by atoms with Gasteiger partial charge in [-0.05, 0) is 115 Å². The number of amides is 8. The first kappa shape index (κ1) is 63.9. The molecule has 1 saturated heterocycles. The first-order chi connectivity index (χ1) is 40.3. The number of nitrogens with one attached hydrogen (secondary N) is 8. The number of aromatic amines is 1. The van der Waals surface area contributed by atoms with E-state index >= 15 is 0 Å². The first-order valence-electron chi connectivity index (χ1n) is 27.7. The van der Waals surface area contributed by atoms with E-state index < -0.39 is 102 Å². The normalized spacial score (nSPS) is 21.0. The third kappa shape index (κ3) is 18.7. The van der Waals surface area contributed by atoms with E-state index in [4.69, 9.17) is 28.8 Å². The largest absolute Gasteiger partial charge is 0.508 e. The van der Waals surface area contributed by atoms with Crippen molar-refractivity contribution in [3.8, 4) is 5.75 Å². The molecule has 24 heteroatoms. The lowest BCUT2D eigenvalue weighted by Gasteiger charge is -2.29. The molecule has 0 unspecified atom stereocenters. The van der Waals surface area contributed by atoms with Crippen LogP contribution in [0.1, 0.15) is 61.3 Å². The Balaban J connectivity index is 1.22. The number of phenols is 1. The minimum atomic E-state index is -1.68. The summed E-state index contributed by atoms with van der Waals surface area (Å²) < 4.78 is 0. The van der Waals surface area contributed by atoms with Gasteiger partial charge in [-0.15, -0.1) is 0 Å². The van der Waals surface area contributed by atoms with Gasteiger partial charge in [0, 0.05) is 52.9 Å². The number of aliphatic hydroxyl groups is 1. The number of benzene rings is 5. The number of aromatic nitrogens is 1. The number of aromatic hydroxyl groups is 1. The van der Waals surface area contributed by atoms with Crippen molar-refractivity contribution in [2.75, 3.05) is 18.1 Å². The fourth-order valence-electron chi connectivity index (χ4n) is 9.64. The Morgan fingerprint density at radius 2 is 1.31 bits per heavy atom. The van der Waals surface area contributed by atoms with Crippen molar-refractivity contribution in [2.24, 2.45) is 17.2 Å². The van der Waals surface area contributed by atoms with E-state index in [-0.39, 0.29) is 68.7 Å². The van der Waals surface area contributed by atoms with Crippen LogP contribution in [0.2, 0.25) is 5.02 Å². The lowest BCUT2D eigenvalue weighted by Crippen LogP contribution is -2.62. The molecule has 21 nitrogen and oxygen atoms in total. The number of phenolic OH excluding ortho intramolecular Hbond substituents is 1. The first-order valence-corrected chi connectivity index (χ1v) is 30.6. The van der Waals surface area contributed by atoms with Crippen molar-refractivity contribution in [1.82, 2.24) is 42.2 Å². The second-order valence-electron chi connectivity index (χ2n) is 20.8. The number of hydrogen-bond donors (Lipinski definition) is 13. The lowest BCUT2D eigenvalue weighted by molar-refractivity contribution is -0.137. The summed E-state index contributed by atoms with van der Waals surface area (Å²) in [5.74, 6) is -6.18. The standard InChI is InChI=1S/C60H72ClN11O10S2/c1-34(73)52-60(82)68-48(55(77)69-49(53(64)75)31-37-13-18-38-8-2-3-9-39(38)28-37)24-27-84-83-26-23-47(66-54(76)44(63)29-35-14-19-41(61)20-15-35)56(78)70-50(30-36-16-21-42(74)22-17-36)58(80)71-51(32-40-33-65-45-11-5-4-10-43(40)45)59(81)67-46(57(79)72-52)12-6-7-25-62/h2-5,8-11,13-22,28,33-34,44,46-52,65,73-74H,6-7,12,23-27,29-32,62-63H2,1H3,(H2,64,75)(H,66,76)(H,67,81)(H,68,82)(H,69,77)(H,70,78)(H,71,80)(H,72,79)/t34-,44+,46+,47-,48+,49+,50+,51-,52+/m1/s1. The molecule has 0 aliphatic carbocycles. The van der Waals surface area contributed by atoms with Gasteiger partial charge < -0.3 is 69.6 Å². The molecule has 6 aromatic rings. The van der Waals surface area contributed by atoms with Gasteiger partial charge in [0.15, 0.2) is 0 Å². The fourth-order valence-corrected chi connectivity index (χ4v) is 11.9. The molecule has 0 radical (unpaired) electrons. The minimum absolute atomic E-state index is 0.000919. The molecule has 1 aromatic heterocycles. The van der Waals surface area contributed by atoms with E-state index in [0.717, 1.165) is 21.7 Å². The van der Waals surface area contributed by atoms with Gasteiger partial charge in [0.25, 0.3) is 0 Å². The average Bonchev–Trinajstić information content (AvgIpc) is 4.06. The van der Waals surface area contributed by atoms with Crippen LogP contribution in [-0.4, -0.2) is 135 Å². The van der Waals surface area contributed by atoms with Gasteiger partial charge in [0.05, 0.1) is 12.1 Å². The van der Waals surface area contributed by atoms with Crippen molar-refractivity contribution in [2.45, 2.75) is 119 Å². The van der Waals surface area contributed by atoms with Gasteiger partial charge in [0.2, 0.25) is 47.3 Å². The molecule has 1 fully saturated rings. The van der Waals surface area contributed by atoms with Gasteiger partial charge >= 0.3 is 0 Å². The van der Waals surface area contributed by atoms with Gasteiger partial charge in [-0.1, -0.05) is 118 Å². The number of carbonyl (C=O) groups excluding carboxylic acids is 8. The number of para-hydroxylation sites is 1. The zero-order valence-corrected chi connectivity index (χ0v) is 48.7. The second kappa shape index (κ2) is 31.3. The molecule has 1 aliphatic rings. The number of hydrogen-bond acceptors (Lipinski definition) is 14. The van der Waals surface area contributed by atoms with Crippen molar-refractivity contribution < 1.29 is 48.6 Å². The highest BCUT2D eigenvalue weighted by Crippen LogP contribution is 2.26.